The number of furan rings is 1. The maximum atomic E-state index is 5.35. The Morgan fingerprint density at radius 2 is 2.05 bits per heavy atom. The summed E-state index contributed by atoms with van der Waals surface area (Å²) < 4.78 is 10.7. The summed E-state index contributed by atoms with van der Waals surface area (Å²) in [4.78, 5) is 6.95. The third-order valence-electron chi connectivity index (χ3n) is 3.34. The van der Waals surface area contributed by atoms with Gasteiger partial charge in [-0.15, -0.1) is 24.0 Å². The fraction of sp³-hybridized carbons (Fsp3) is 0.667. The van der Waals surface area contributed by atoms with Gasteiger partial charge in [-0.25, -0.2) is 4.99 Å². The quantitative estimate of drug-likeness (QED) is 0.398. The van der Waals surface area contributed by atoms with Gasteiger partial charge in [-0.1, -0.05) is 6.92 Å². The Kier molecular flexibility index (Phi) is 10.3. The number of hydrogen-bond acceptors (Lipinski definition) is 4. The Balaban J connectivity index is 0.00000242. The number of hydrogen-bond donors (Lipinski definition) is 2. The van der Waals surface area contributed by atoms with Crippen molar-refractivity contribution in [3.63, 3.8) is 0 Å². The minimum atomic E-state index is 0. The zero-order valence-corrected chi connectivity index (χ0v) is 15.5. The molecule has 1 aliphatic rings. The van der Waals surface area contributed by atoms with Crippen LogP contribution in [0.4, 0.5) is 0 Å². The Bertz CT molecular complexity index is 406. The van der Waals surface area contributed by atoms with Gasteiger partial charge in [-0.05, 0) is 18.6 Å². The molecule has 1 aromatic rings. The van der Waals surface area contributed by atoms with Gasteiger partial charge >= 0.3 is 0 Å². The van der Waals surface area contributed by atoms with E-state index in [1.807, 2.05) is 12.1 Å². The fourth-order valence-electron chi connectivity index (χ4n) is 2.13. The minimum absolute atomic E-state index is 0. The highest BCUT2D eigenvalue weighted by molar-refractivity contribution is 14.0. The molecule has 0 aliphatic carbocycles. The van der Waals surface area contributed by atoms with Crippen molar-refractivity contribution in [2.75, 3.05) is 45.9 Å². The van der Waals surface area contributed by atoms with Crippen LogP contribution in [-0.4, -0.2) is 56.8 Å². The molecule has 0 bridgehead atoms. The van der Waals surface area contributed by atoms with Gasteiger partial charge in [0.1, 0.15) is 12.3 Å². The van der Waals surface area contributed by atoms with E-state index in [0.29, 0.717) is 6.54 Å². The Hall–Kier alpha value is -0.800. The molecule has 6 nitrogen and oxygen atoms in total. The third-order valence-corrected chi connectivity index (χ3v) is 3.34. The van der Waals surface area contributed by atoms with E-state index in [1.165, 1.54) is 0 Å². The molecule has 2 heterocycles. The molecule has 1 fully saturated rings. The van der Waals surface area contributed by atoms with Gasteiger partial charge in [0.15, 0.2) is 5.96 Å². The number of halogens is 1. The fourth-order valence-corrected chi connectivity index (χ4v) is 2.13. The highest BCUT2D eigenvalue weighted by atomic mass is 127. The van der Waals surface area contributed by atoms with Crippen LogP contribution in [0, 0.1) is 0 Å². The Morgan fingerprint density at radius 3 is 2.73 bits per heavy atom. The van der Waals surface area contributed by atoms with Crippen LogP contribution in [0.2, 0.25) is 0 Å². The molecule has 2 rings (SSSR count). The van der Waals surface area contributed by atoms with Crippen molar-refractivity contribution in [3.05, 3.63) is 24.2 Å². The molecule has 0 aromatic carbocycles. The molecule has 0 spiro atoms. The zero-order chi connectivity index (χ0) is 14.8. The van der Waals surface area contributed by atoms with Gasteiger partial charge in [-0.2, -0.15) is 0 Å². The number of nitrogens with one attached hydrogen (secondary N) is 2. The molecule has 7 heteroatoms. The maximum absolute atomic E-state index is 5.35. The predicted molar refractivity (Wildman–Crippen MR) is 98.8 cm³/mol. The minimum Gasteiger partial charge on any atom is -0.467 e. The lowest BCUT2D eigenvalue weighted by Crippen LogP contribution is -2.44. The lowest BCUT2D eigenvalue weighted by atomic mass is 10.4. The SMILES string of the molecule is CCCNC(=NCc1ccco1)NCCN1CCOCC1.I. The van der Waals surface area contributed by atoms with Crippen LogP contribution >= 0.6 is 24.0 Å². The average Bonchev–Trinajstić information content (AvgIpc) is 3.04. The number of guanidine groups is 1. The molecule has 0 unspecified atom stereocenters. The third kappa shape index (κ3) is 7.46. The highest BCUT2D eigenvalue weighted by Crippen LogP contribution is 2.01. The number of rotatable bonds is 7. The van der Waals surface area contributed by atoms with Crippen molar-refractivity contribution in [1.29, 1.82) is 0 Å². The Labute approximate surface area is 149 Å². The first-order valence-electron chi connectivity index (χ1n) is 7.73. The van der Waals surface area contributed by atoms with E-state index in [4.69, 9.17) is 9.15 Å². The van der Waals surface area contributed by atoms with Crippen LogP contribution in [-0.2, 0) is 11.3 Å². The van der Waals surface area contributed by atoms with E-state index >= 15 is 0 Å². The molecule has 1 aromatic heterocycles. The maximum Gasteiger partial charge on any atom is 0.191 e. The van der Waals surface area contributed by atoms with E-state index < -0.39 is 0 Å². The van der Waals surface area contributed by atoms with Crippen molar-refractivity contribution in [1.82, 2.24) is 15.5 Å². The first-order valence-corrected chi connectivity index (χ1v) is 7.73. The summed E-state index contributed by atoms with van der Waals surface area (Å²) in [5.41, 5.74) is 0. The molecule has 0 saturated carbocycles. The molecular weight excluding hydrogens is 395 g/mol. The number of aliphatic imine (C=N–C) groups is 1. The van der Waals surface area contributed by atoms with Crippen LogP contribution in [0.1, 0.15) is 19.1 Å². The van der Waals surface area contributed by atoms with Gasteiger partial charge in [0, 0.05) is 32.7 Å². The highest BCUT2D eigenvalue weighted by Gasteiger charge is 2.09. The second-order valence-electron chi connectivity index (χ2n) is 5.05. The van der Waals surface area contributed by atoms with Crippen LogP contribution in [0.5, 0.6) is 0 Å². The van der Waals surface area contributed by atoms with Crippen molar-refractivity contribution >= 4 is 29.9 Å². The van der Waals surface area contributed by atoms with Crippen molar-refractivity contribution in [2.45, 2.75) is 19.9 Å². The molecule has 22 heavy (non-hydrogen) atoms. The molecule has 2 N–H and O–H groups in total. The summed E-state index contributed by atoms with van der Waals surface area (Å²) in [6.45, 7) is 9.23. The molecular formula is C15H27IN4O2. The van der Waals surface area contributed by atoms with E-state index in [-0.39, 0.29) is 24.0 Å². The molecule has 1 saturated heterocycles. The predicted octanol–water partition coefficient (Wildman–Crippen LogP) is 1.68. The summed E-state index contributed by atoms with van der Waals surface area (Å²) in [6, 6.07) is 3.82. The lowest BCUT2D eigenvalue weighted by molar-refractivity contribution is 0.0389. The number of ether oxygens (including phenoxy) is 1. The molecule has 0 atom stereocenters. The smallest absolute Gasteiger partial charge is 0.191 e. The van der Waals surface area contributed by atoms with Gasteiger partial charge < -0.3 is 19.8 Å². The Morgan fingerprint density at radius 1 is 1.27 bits per heavy atom. The second kappa shape index (κ2) is 11.7. The standard InChI is InChI=1S/C15H26N4O2.HI/c1-2-5-16-15(18-13-14-4-3-10-21-14)17-6-7-19-8-11-20-12-9-19;/h3-4,10H,2,5-9,11-13H2,1H3,(H2,16,17,18);1H. The van der Waals surface area contributed by atoms with Gasteiger partial charge in [-0.3, -0.25) is 4.90 Å². The summed E-state index contributed by atoms with van der Waals surface area (Å²) in [6.07, 6.45) is 2.75. The summed E-state index contributed by atoms with van der Waals surface area (Å²) >= 11 is 0. The lowest BCUT2D eigenvalue weighted by Gasteiger charge is -2.26. The van der Waals surface area contributed by atoms with E-state index in [0.717, 1.165) is 64.1 Å². The molecule has 0 amide bonds. The van der Waals surface area contributed by atoms with Crippen LogP contribution < -0.4 is 10.6 Å². The zero-order valence-electron chi connectivity index (χ0n) is 13.2. The molecule has 1 aliphatic heterocycles. The van der Waals surface area contributed by atoms with Crippen LogP contribution in [0.25, 0.3) is 0 Å². The number of nitrogens with zero attached hydrogens (tertiary/aromatic N) is 2. The van der Waals surface area contributed by atoms with Gasteiger partial charge in [0.2, 0.25) is 0 Å². The first-order chi connectivity index (χ1) is 10.4. The first kappa shape index (κ1) is 19.2. The van der Waals surface area contributed by atoms with Crippen molar-refractivity contribution in [2.24, 2.45) is 4.99 Å². The van der Waals surface area contributed by atoms with E-state index in [1.54, 1.807) is 6.26 Å². The summed E-state index contributed by atoms with van der Waals surface area (Å²) in [7, 11) is 0. The largest absolute Gasteiger partial charge is 0.467 e. The normalized spacial score (nSPS) is 16.1. The van der Waals surface area contributed by atoms with E-state index in [2.05, 4.69) is 27.4 Å². The second-order valence-corrected chi connectivity index (χ2v) is 5.05. The summed E-state index contributed by atoms with van der Waals surface area (Å²) in [5, 5.41) is 6.70. The van der Waals surface area contributed by atoms with Crippen LogP contribution in [0.15, 0.2) is 27.8 Å². The molecule has 126 valence electrons. The van der Waals surface area contributed by atoms with Gasteiger partial charge in [0.25, 0.3) is 0 Å². The van der Waals surface area contributed by atoms with Crippen molar-refractivity contribution in [3.8, 4) is 0 Å². The van der Waals surface area contributed by atoms with Crippen LogP contribution in [0.3, 0.4) is 0 Å². The average molecular weight is 422 g/mol. The summed E-state index contributed by atoms with van der Waals surface area (Å²) in [5.74, 6) is 1.72. The number of morpholine rings is 1. The molecule has 0 radical (unpaired) electrons. The van der Waals surface area contributed by atoms with E-state index in [9.17, 15) is 0 Å². The van der Waals surface area contributed by atoms with Gasteiger partial charge in [0.05, 0.1) is 19.5 Å². The van der Waals surface area contributed by atoms with Crippen molar-refractivity contribution < 1.29 is 9.15 Å². The monoisotopic (exact) mass is 422 g/mol. The topological polar surface area (TPSA) is 62.0 Å².